The predicted octanol–water partition coefficient (Wildman–Crippen LogP) is 2.92. The molecule has 1 aliphatic heterocycles. The van der Waals surface area contributed by atoms with Crippen LogP contribution in [0.5, 0.6) is 0 Å². The molecule has 0 amide bonds. The van der Waals surface area contributed by atoms with Crippen LogP contribution >= 0.6 is 0 Å². The summed E-state index contributed by atoms with van der Waals surface area (Å²) >= 11 is 0. The first-order valence-corrected chi connectivity index (χ1v) is 7.55. The third-order valence-electron chi connectivity index (χ3n) is 4.18. The average molecular weight is 251 g/mol. The van der Waals surface area contributed by atoms with Crippen LogP contribution in [-0.2, 0) is 0 Å². The van der Waals surface area contributed by atoms with Gasteiger partial charge in [-0.05, 0) is 45.7 Å². The molecule has 1 N–H and O–H groups in total. The van der Waals surface area contributed by atoms with Gasteiger partial charge in [0.1, 0.15) is 5.54 Å². The lowest BCUT2D eigenvalue weighted by Crippen LogP contribution is -2.45. The second-order valence-electron chi connectivity index (χ2n) is 5.67. The summed E-state index contributed by atoms with van der Waals surface area (Å²) in [5.74, 6) is 0. The third kappa shape index (κ3) is 4.59. The maximum atomic E-state index is 9.29. The Morgan fingerprint density at radius 3 is 2.72 bits per heavy atom. The largest absolute Gasteiger partial charge is 0.300 e. The lowest BCUT2D eigenvalue weighted by molar-refractivity contribution is 0.179. The standard InChI is InChI=1S/C15H29N3/c1-4-14-9-7-6-8-11-18(14)12-10-15(3,13-16)17-5-2/h14,17H,4-12H2,1-3H3. The summed E-state index contributed by atoms with van der Waals surface area (Å²) in [4.78, 5) is 2.61. The molecule has 2 unspecified atom stereocenters. The molecule has 1 rings (SSSR count). The number of nitrogens with zero attached hydrogens (tertiary/aromatic N) is 2. The van der Waals surface area contributed by atoms with Gasteiger partial charge in [0.05, 0.1) is 6.07 Å². The van der Waals surface area contributed by atoms with E-state index in [1.165, 1.54) is 38.6 Å². The minimum absolute atomic E-state index is 0.362. The van der Waals surface area contributed by atoms with E-state index in [9.17, 15) is 5.26 Å². The van der Waals surface area contributed by atoms with E-state index >= 15 is 0 Å². The number of likely N-dealkylation sites (tertiary alicyclic amines) is 1. The van der Waals surface area contributed by atoms with E-state index in [1.807, 2.05) is 6.92 Å². The van der Waals surface area contributed by atoms with Gasteiger partial charge in [0.2, 0.25) is 0 Å². The molecule has 0 aromatic carbocycles. The van der Waals surface area contributed by atoms with Crippen LogP contribution in [0.1, 0.15) is 59.3 Å². The lowest BCUT2D eigenvalue weighted by Gasteiger charge is -2.32. The molecule has 1 aliphatic rings. The van der Waals surface area contributed by atoms with Crippen LogP contribution in [0.25, 0.3) is 0 Å². The number of nitriles is 1. The van der Waals surface area contributed by atoms with E-state index in [0.29, 0.717) is 0 Å². The van der Waals surface area contributed by atoms with Crippen molar-refractivity contribution in [1.29, 1.82) is 5.26 Å². The van der Waals surface area contributed by atoms with Gasteiger partial charge in [-0.2, -0.15) is 5.26 Å². The molecule has 3 heteroatoms. The van der Waals surface area contributed by atoms with Crippen molar-refractivity contribution in [2.45, 2.75) is 70.9 Å². The van der Waals surface area contributed by atoms with Crippen molar-refractivity contribution in [3.63, 3.8) is 0 Å². The van der Waals surface area contributed by atoms with E-state index in [1.54, 1.807) is 0 Å². The molecular weight excluding hydrogens is 222 g/mol. The van der Waals surface area contributed by atoms with Gasteiger partial charge < -0.3 is 4.90 Å². The highest BCUT2D eigenvalue weighted by Crippen LogP contribution is 2.20. The van der Waals surface area contributed by atoms with Crippen molar-refractivity contribution in [3.05, 3.63) is 0 Å². The zero-order valence-corrected chi connectivity index (χ0v) is 12.3. The van der Waals surface area contributed by atoms with E-state index in [2.05, 4.69) is 30.1 Å². The highest BCUT2D eigenvalue weighted by molar-refractivity contribution is 5.04. The summed E-state index contributed by atoms with van der Waals surface area (Å²) in [5, 5.41) is 12.6. The molecular formula is C15H29N3. The zero-order chi connectivity index (χ0) is 13.4. The smallest absolute Gasteiger partial charge is 0.105 e. The van der Waals surface area contributed by atoms with Crippen LogP contribution in [-0.4, -0.2) is 36.1 Å². The molecule has 0 aromatic heterocycles. The Hall–Kier alpha value is -0.590. The van der Waals surface area contributed by atoms with Crippen LogP contribution in [0.15, 0.2) is 0 Å². The summed E-state index contributed by atoms with van der Waals surface area (Å²) in [5.41, 5.74) is -0.362. The Kier molecular flexibility index (Phi) is 6.67. The average Bonchev–Trinajstić information content (AvgIpc) is 2.61. The minimum atomic E-state index is -0.362. The maximum absolute atomic E-state index is 9.29. The summed E-state index contributed by atoms with van der Waals surface area (Å²) in [6, 6.07) is 3.16. The molecule has 1 saturated heterocycles. The van der Waals surface area contributed by atoms with E-state index in [0.717, 1.165) is 25.6 Å². The van der Waals surface area contributed by atoms with Gasteiger partial charge in [0.15, 0.2) is 0 Å². The Morgan fingerprint density at radius 2 is 2.11 bits per heavy atom. The highest BCUT2D eigenvalue weighted by atomic mass is 15.2. The van der Waals surface area contributed by atoms with Crippen LogP contribution in [0.2, 0.25) is 0 Å². The first-order chi connectivity index (χ1) is 8.65. The number of hydrogen-bond acceptors (Lipinski definition) is 3. The Morgan fingerprint density at radius 1 is 1.33 bits per heavy atom. The third-order valence-corrected chi connectivity index (χ3v) is 4.18. The molecule has 1 heterocycles. The molecule has 2 atom stereocenters. The molecule has 0 radical (unpaired) electrons. The molecule has 104 valence electrons. The highest BCUT2D eigenvalue weighted by Gasteiger charge is 2.26. The fraction of sp³-hybridized carbons (Fsp3) is 0.933. The van der Waals surface area contributed by atoms with Crippen LogP contribution in [0.3, 0.4) is 0 Å². The molecule has 0 bridgehead atoms. The van der Waals surface area contributed by atoms with Crippen molar-refractivity contribution in [2.24, 2.45) is 0 Å². The van der Waals surface area contributed by atoms with Gasteiger partial charge in [-0.15, -0.1) is 0 Å². The van der Waals surface area contributed by atoms with Gasteiger partial charge in [-0.3, -0.25) is 5.32 Å². The fourth-order valence-electron chi connectivity index (χ4n) is 2.93. The number of hydrogen-bond donors (Lipinski definition) is 1. The molecule has 0 aromatic rings. The van der Waals surface area contributed by atoms with Crippen molar-refractivity contribution in [2.75, 3.05) is 19.6 Å². The van der Waals surface area contributed by atoms with Crippen LogP contribution in [0, 0.1) is 11.3 Å². The molecule has 3 nitrogen and oxygen atoms in total. The van der Waals surface area contributed by atoms with Crippen LogP contribution < -0.4 is 5.32 Å². The monoisotopic (exact) mass is 251 g/mol. The van der Waals surface area contributed by atoms with Crippen molar-refractivity contribution in [3.8, 4) is 6.07 Å². The Labute approximate surface area is 113 Å². The first-order valence-electron chi connectivity index (χ1n) is 7.55. The van der Waals surface area contributed by atoms with Crippen molar-refractivity contribution < 1.29 is 0 Å². The summed E-state index contributed by atoms with van der Waals surface area (Å²) in [6.45, 7) is 9.51. The van der Waals surface area contributed by atoms with Crippen molar-refractivity contribution in [1.82, 2.24) is 10.2 Å². The minimum Gasteiger partial charge on any atom is -0.300 e. The Bertz CT molecular complexity index is 271. The predicted molar refractivity (Wildman–Crippen MR) is 76.4 cm³/mol. The normalized spacial score (nSPS) is 25.1. The quantitative estimate of drug-likeness (QED) is 0.789. The SMILES string of the molecule is CCNC(C)(C#N)CCN1CCCCCC1CC. The van der Waals surface area contributed by atoms with Gasteiger partial charge in [-0.25, -0.2) is 0 Å². The molecule has 1 fully saturated rings. The van der Waals surface area contributed by atoms with E-state index in [4.69, 9.17) is 0 Å². The second kappa shape index (κ2) is 7.76. The van der Waals surface area contributed by atoms with Gasteiger partial charge >= 0.3 is 0 Å². The second-order valence-corrected chi connectivity index (χ2v) is 5.67. The van der Waals surface area contributed by atoms with Crippen molar-refractivity contribution >= 4 is 0 Å². The number of rotatable bonds is 6. The lowest BCUT2D eigenvalue weighted by atomic mass is 9.98. The summed E-state index contributed by atoms with van der Waals surface area (Å²) < 4.78 is 0. The fourth-order valence-corrected chi connectivity index (χ4v) is 2.93. The van der Waals surface area contributed by atoms with Gasteiger partial charge in [0, 0.05) is 12.6 Å². The van der Waals surface area contributed by atoms with E-state index in [-0.39, 0.29) is 5.54 Å². The van der Waals surface area contributed by atoms with Gasteiger partial charge in [-0.1, -0.05) is 26.7 Å². The molecule has 0 aliphatic carbocycles. The molecule has 0 saturated carbocycles. The first kappa shape index (κ1) is 15.5. The van der Waals surface area contributed by atoms with Gasteiger partial charge in [0.25, 0.3) is 0 Å². The topological polar surface area (TPSA) is 39.1 Å². The molecule has 18 heavy (non-hydrogen) atoms. The maximum Gasteiger partial charge on any atom is 0.105 e. The zero-order valence-electron chi connectivity index (χ0n) is 12.3. The molecule has 0 spiro atoms. The van der Waals surface area contributed by atoms with Crippen LogP contribution in [0.4, 0.5) is 0 Å². The summed E-state index contributed by atoms with van der Waals surface area (Å²) in [7, 11) is 0. The van der Waals surface area contributed by atoms with E-state index < -0.39 is 0 Å². The number of nitrogens with one attached hydrogen (secondary N) is 1. The Balaban J connectivity index is 2.51. The summed E-state index contributed by atoms with van der Waals surface area (Å²) in [6.07, 6.45) is 7.56.